The van der Waals surface area contributed by atoms with Crippen LogP contribution in [0.1, 0.15) is 33.2 Å². The van der Waals surface area contributed by atoms with Crippen molar-refractivity contribution in [1.82, 2.24) is 4.31 Å². The average Bonchev–Trinajstić information content (AvgIpc) is 2.78. The number of hydrogen-bond donors (Lipinski definition) is 1. The van der Waals surface area contributed by atoms with Gasteiger partial charge in [-0.3, -0.25) is 9.59 Å². The first-order valence-electron chi connectivity index (χ1n) is 9.95. The maximum absolute atomic E-state index is 13.0. The van der Waals surface area contributed by atoms with Crippen molar-refractivity contribution in [3.8, 4) is 0 Å². The van der Waals surface area contributed by atoms with E-state index < -0.39 is 28.5 Å². The zero-order valence-electron chi connectivity index (χ0n) is 17.8. The smallest absolute Gasteiger partial charge is 0.338 e. The molecule has 2 aromatic carbocycles. The molecule has 2 aromatic rings. The average molecular weight is 461 g/mol. The summed E-state index contributed by atoms with van der Waals surface area (Å²) in [7, 11) is -3.80. The molecule has 1 amide bonds. The van der Waals surface area contributed by atoms with Gasteiger partial charge in [-0.25, -0.2) is 13.2 Å². The van der Waals surface area contributed by atoms with Crippen molar-refractivity contribution in [2.45, 2.75) is 18.7 Å². The summed E-state index contributed by atoms with van der Waals surface area (Å²) in [6.45, 7) is 3.51. The lowest BCUT2D eigenvalue weighted by atomic mass is 10.1. The third kappa shape index (κ3) is 5.39. The van der Waals surface area contributed by atoms with E-state index in [0.717, 1.165) is 0 Å². The number of morpholine rings is 1. The van der Waals surface area contributed by atoms with E-state index in [1.54, 1.807) is 31.2 Å². The number of hydrogen-bond acceptors (Lipinski definition) is 7. The zero-order chi connectivity index (χ0) is 23.3. The van der Waals surface area contributed by atoms with E-state index in [1.807, 2.05) is 0 Å². The van der Waals surface area contributed by atoms with Gasteiger partial charge in [0.25, 0.3) is 5.91 Å². The molecular weight excluding hydrogens is 436 g/mol. The maximum atomic E-state index is 13.0. The third-order valence-corrected chi connectivity index (χ3v) is 6.97. The van der Waals surface area contributed by atoms with Gasteiger partial charge in [-0.1, -0.05) is 18.2 Å². The minimum absolute atomic E-state index is 0.00804. The van der Waals surface area contributed by atoms with Crippen molar-refractivity contribution in [3.05, 3.63) is 59.2 Å². The molecule has 1 N–H and O–H groups in total. The van der Waals surface area contributed by atoms with Gasteiger partial charge in [0.15, 0.2) is 12.4 Å². The summed E-state index contributed by atoms with van der Waals surface area (Å²) in [5, 5.41) is 2.54. The number of amides is 1. The number of anilines is 1. The van der Waals surface area contributed by atoms with Gasteiger partial charge in [-0.05, 0) is 43.7 Å². The van der Waals surface area contributed by atoms with Crippen LogP contribution in [-0.4, -0.2) is 63.3 Å². The predicted octanol–water partition coefficient (Wildman–Crippen LogP) is 2.01. The highest BCUT2D eigenvalue weighted by Crippen LogP contribution is 2.23. The molecule has 1 saturated heterocycles. The molecule has 9 nitrogen and oxygen atoms in total. The van der Waals surface area contributed by atoms with Crippen LogP contribution >= 0.6 is 0 Å². The Labute approximate surface area is 186 Å². The molecule has 10 heteroatoms. The highest BCUT2D eigenvalue weighted by atomic mass is 32.2. The Kier molecular flexibility index (Phi) is 7.39. The van der Waals surface area contributed by atoms with Crippen molar-refractivity contribution in [3.63, 3.8) is 0 Å². The highest BCUT2D eigenvalue weighted by molar-refractivity contribution is 7.89. The van der Waals surface area contributed by atoms with Gasteiger partial charge >= 0.3 is 5.97 Å². The molecule has 0 aliphatic carbocycles. The lowest BCUT2D eigenvalue weighted by molar-refractivity contribution is -0.119. The number of nitrogens with one attached hydrogen (secondary N) is 1. The van der Waals surface area contributed by atoms with Crippen molar-refractivity contribution in [2.75, 3.05) is 38.2 Å². The zero-order valence-corrected chi connectivity index (χ0v) is 18.6. The molecule has 170 valence electrons. The summed E-state index contributed by atoms with van der Waals surface area (Å²) in [4.78, 5) is 36.3. The molecule has 0 unspecified atom stereocenters. The second-order valence-electron chi connectivity index (χ2n) is 7.22. The Bertz CT molecular complexity index is 1140. The van der Waals surface area contributed by atoms with Crippen LogP contribution < -0.4 is 5.32 Å². The van der Waals surface area contributed by atoms with Crippen molar-refractivity contribution in [1.29, 1.82) is 0 Å². The Balaban J connectivity index is 1.69. The quantitative estimate of drug-likeness (QED) is 0.496. The summed E-state index contributed by atoms with van der Waals surface area (Å²) in [5.41, 5.74) is 1.16. The van der Waals surface area contributed by atoms with Crippen LogP contribution in [0.3, 0.4) is 0 Å². The number of para-hydroxylation sites is 1. The SMILES string of the molecule is CC(=O)c1ccccc1NC(=O)COC(=O)c1ccc(C)c(S(=O)(=O)N2CCOCC2)c1. The third-order valence-electron chi connectivity index (χ3n) is 4.93. The van der Waals surface area contributed by atoms with Gasteiger partial charge in [-0.15, -0.1) is 0 Å². The number of Topliss-reactive ketones (excluding diaryl/α,β-unsaturated/α-hetero) is 1. The Morgan fingerprint density at radius 3 is 2.47 bits per heavy atom. The first kappa shape index (κ1) is 23.6. The van der Waals surface area contributed by atoms with Crippen molar-refractivity contribution < 1.29 is 32.3 Å². The fraction of sp³-hybridized carbons (Fsp3) is 0.318. The summed E-state index contributed by atoms with van der Waals surface area (Å²) < 4.78 is 37.5. The van der Waals surface area contributed by atoms with E-state index in [4.69, 9.17) is 9.47 Å². The summed E-state index contributed by atoms with van der Waals surface area (Å²) in [5.74, 6) is -1.68. The van der Waals surface area contributed by atoms with Gasteiger partial charge in [-0.2, -0.15) is 4.31 Å². The largest absolute Gasteiger partial charge is 0.452 e. The van der Waals surface area contributed by atoms with E-state index in [0.29, 0.717) is 30.0 Å². The van der Waals surface area contributed by atoms with E-state index in [-0.39, 0.29) is 29.3 Å². The molecule has 1 heterocycles. The van der Waals surface area contributed by atoms with Gasteiger partial charge in [0.2, 0.25) is 10.0 Å². The lowest BCUT2D eigenvalue weighted by Gasteiger charge is -2.26. The molecule has 0 saturated carbocycles. The molecule has 1 aliphatic rings. The standard InChI is InChI=1S/C22H24N2O7S/c1-15-7-8-17(13-20(15)32(28,29)24-9-11-30-12-10-24)22(27)31-14-21(26)23-19-6-4-3-5-18(19)16(2)25/h3-8,13H,9-12,14H2,1-2H3,(H,23,26). The predicted molar refractivity (Wildman–Crippen MR) is 116 cm³/mol. The van der Waals surface area contributed by atoms with Crippen LogP contribution in [0.15, 0.2) is 47.4 Å². The number of benzene rings is 2. The van der Waals surface area contributed by atoms with Crippen LogP contribution in [-0.2, 0) is 24.3 Å². The monoisotopic (exact) mass is 460 g/mol. The Morgan fingerprint density at radius 2 is 1.78 bits per heavy atom. The van der Waals surface area contributed by atoms with Crippen LogP contribution in [0.25, 0.3) is 0 Å². The number of ether oxygens (including phenoxy) is 2. The number of sulfonamides is 1. The number of rotatable bonds is 7. The molecule has 3 rings (SSSR count). The number of aryl methyl sites for hydroxylation is 1. The first-order chi connectivity index (χ1) is 15.2. The molecule has 0 atom stereocenters. The first-order valence-corrected chi connectivity index (χ1v) is 11.4. The minimum Gasteiger partial charge on any atom is -0.452 e. The molecule has 0 radical (unpaired) electrons. The number of carbonyl (C=O) groups excluding carboxylic acids is 3. The molecule has 1 aliphatic heterocycles. The van der Waals surface area contributed by atoms with Crippen molar-refractivity contribution in [2.24, 2.45) is 0 Å². The number of esters is 1. The highest BCUT2D eigenvalue weighted by Gasteiger charge is 2.28. The molecule has 32 heavy (non-hydrogen) atoms. The topological polar surface area (TPSA) is 119 Å². The van der Waals surface area contributed by atoms with E-state index in [1.165, 1.54) is 29.4 Å². The van der Waals surface area contributed by atoms with E-state index >= 15 is 0 Å². The van der Waals surface area contributed by atoms with Gasteiger partial charge < -0.3 is 14.8 Å². The van der Waals surface area contributed by atoms with E-state index in [9.17, 15) is 22.8 Å². The normalized spacial score (nSPS) is 14.6. The molecule has 0 spiro atoms. The molecular formula is C22H24N2O7S. The number of carbonyl (C=O) groups is 3. The molecule has 0 bridgehead atoms. The second-order valence-corrected chi connectivity index (χ2v) is 9.13. The van der Waals surface area contributed by atoms with Crippen LogP contribution in [0.4, 0.5) is 5.69 Å². The fourth-order valence-corrected chi connectivity index (χ4v) is 4.89. The molecule has 1 fully saturated rings. The number of ketones is 1. The van der Waals surface area contributed by atoms with Crippen LogP contribution in [0.2, 0.25) is 0 Å². The summed E-state index contributed by atoms with van der Waals surface area (Å²) >= 11 is 0. The van der Waals surface area contributed by atoms with Crippen LogP contribution in [0.5, 0.6) is 0 Å². The van der Waals surface area contributed by atoms with Crippen molar-refractivity contribution >= 4 is 33.4 Å². The van der Waals surface area contributed by atoms with Gasteiger partial charge in [0, 0.05) is 18.7 Å². The van der Waals surface area contributed by atoms with Crippen LogP contribution in [0, 0.1) is 6.92 Å². The molecule has 0 aromatic heterocycles. The second kappa shape index (κ2) is 10.0. The number of nitrogens with zero attached hydrogens (tertiary/aromatic N) is 1. The van der Waals surface area contributed by atoms with E-state index in [2.05, 4.69) is 5.32 Å². The Hall–Kier alpha value is -3.08. The maximum Gasteiger partial charge on any atom is 0.338 e. The summed E-state index contributed by atoms with van der Waals surface area (Å²) in [6, 6.07) is 10.7. The summed E-state index contributed by atoms with van der Waals surface area (Å²) in [6.07, 6.45) is 0. The minimum atomic E-state index is -3.80. The lowest BCUT2D eigenvalue weighted by Crippen LogP contribution is -2.40. The Morgan fingerprint density at radius 1 is 1.09 bits per heavy atom. The van der Waals surface area contributed by atoms with Gasteiger partial charge in [0.05, 0.1) is 29.4 Å². The fourth-order valence-electron chi connectivity index (χ4n) is 3.23. The van der Waals surface area contributed by atoms with Gasteiger partial charge in [0.1, 0.15) is 0 Å².